The number of nitrogens with one attached hydrogen (secondary N) is 2. The van der Waals surface area contributed by atoms with Gasteiger partial charge in [0.1, 0.15) is 11.8 Å². The summed E-state index contributed by atoms with van der Waals surface area (Å²) in [5.41, 5.74) is 6.14. The summed E-state index contributed by atoms with van der Waals surface area (Å²) in [7, 11) is 0. The standard InChI is InChI=1S/C16H19N3O3/c1-11(16(21)18-10-13-8-5-9-22-13)19-14(15(17)20)12-6-3-2-4-7-12/h2-9,11,14,19H,10H2,1H3,(H2,17,20)(H,18,21)/t11-,14+/m1/s1. The van der Waals surface area contributed by atoms with Crippen LogP contribution in [0.15, 0.2) is 53.1 Å². The molecule has 0 spiro atoms. The summed E-state index contributed by atoms with van der Waals surface area (Å²) in [6.45, 7) is 1.97. The van der Waals surface area contributed by atoms with E-state index in [4.69, 9.17) is 10.2 Å². The molecule has 0 radical (unpaired) electrons. The molecule has 0 saturated heterocycles. The Kier molecular flexibility index (Phi) is 5.32. The van der Waals surface area contributed by atoms with Crippen molar-refractivity contribution >= 4 is 11.8 Å². The first kappa shape index (κ1) is 15.8. The van der Waals surface area contributed by atoms with E-state index in [-0.39, 0.29) is 5.91 Å². The summed E-state index contributed by atoms with van der Waals surface area (Å²) in [5.74, 6) is -0.106. The minimum absolute atomic E-state index is 0.237. The highest BCUT2D eigenvalue weighted by molar-refractivity contribution is 5.85. The Morgan fingerprint density at radius 2 is 1.91 bits per heavy atom. The van der Waals surface area contributed by atoms with Crippen molar-refractivity contribution in [3.8, 4) is 0 Å². The minimum Gasteiger partial charge on any atom is -0.467 e. The largest absolute Gasteiger partial charge is 0.467 e. The summed E-state index contributed by atoms with van der Waals surface area (Å²) < 4.78 is 5.14. The number of primary amides is 1. The maximum absolute atomic E-state index is 12.1. The molecule has 2 atom stereocenters. The maximum Gasteiger partial charge on any atom is 0.239 e. The number of amides is 2. The summed E-state index contributed by atoms with van der Waals surface area (Å²) in [6, 6.07) is 11.3. The number of carbonyl (C=O) groups excluding carboxylic acids is 2. The first-order valence-electron chi connectivity index (χ1n) is 6.98. The number of rotatable bonds is 7. The summed E-state index contributed by atoms with van der Waals surface area (Å²) in [4.78, 5) is 23.7. The Bertz CT molecular complexity index is 611. The fraction of sp³-hybridized carbons (Fsp3) is 0.250. The molecule has 0 saturated carbocycles. The number of hydrogen-bond acceptors (Lipinski definition) is 4. The van der Waals surface area contributed by atoms with Crippen molar-refractivity contribution in [1.29, 1.82) is 0 Å². The lowest BCUT2D eigenvalue weighted by molar-refractivity contribution is -0.124. The van der Waals surface area contributed by atoms with Crippen LogP contribution in [0.2, 0.25) is 0 Å². The first-order valence-corrected chi connectivity index (χ1v) is 6.98. The zero-order chi connectivity index (χ0) is 15.9. The maximum atomic E-state index is 12.1. The summed E-state index contributed by atoms with van der Waals surface area (Å²) in [5, 5.41) is 5.68. The average Bonchev–Trinajstić information content (AvgIpc) is 3.04. The van der Waals surface area contributed by atoms with Gasteiger partial charge in [0, 0.05) is 0 Å². The monoisotopic (exact) mass is 301 g/mol. The predicted octanol–water partition coefficient (Wildman–Crippen LogP) is 1.10. The Hall–Kier alpha value is -2.60. The van der Waals surface area contributed by atoms with E-state index in [1.807, 2.05) is 18.2 Å². The zero-order valence-corrected chi connectivity index (χ0v) is 12.3. The predicted molar refractivity (Wildman–Crippen MR) is 81.5 cm³/mol. The Balaban J connectivity index is 1.94. The van der Waals surface area contributed by atoms with Crippen LogP contribution < -0.4 is 16.4 Å². The number of carbonyl (C=O) groups is 2. The van der Waals surface area contributed by atoms with Gasteiger partial charge < -0.3 is 15.5 Å². The van der Waals surface area contributed by atoms with Crippen LogP contribution in [-0.4, -0.2) is 17.9 Å². The van der Waals surface area contributed by atoms with Crippen molar-refractivity contribution in [2.24, 2.45) is 5.73 Å². The molecule has 0 unspecified atom stereocenters. The topological polar surface area (TPSA) is 97.4 Å². The molecule has 116 valence electrons. The van der Waals surface area contributed by atoms with E-state index in [2.05, 4.69) is 10.6 Å². The molecule has 1 aromatic carbocycles. The van der Waals surface area contributed by atoms with Gasteiger partial charge in [-0.05, 0) is 24.6 Å². The van der Waals surface area contributed by atoms with Gasteiger partial charge in [-0.1, -0.05) is 30.3 Å². The number of furan rings is 1. The molecule has 6 nitrogen and oxygen atoms in total. The molecule has 0 aliphatic heterocycles. The van der Waals surface area contributed by atoms with Crippen molar-refractivity contribution in [2.45, 2.75) is 25.6 Å². The molecule has 6 heteroatoms. The first-order chi connectivity index (χ1) is 10.6. The number of benzene rings is 1. The van der Waals surface area contributed by atoms with E-state index in [1.54, 1.807) is 37.5 Å². The van der Waals surface area contributed by atoms with E-state index in [0.29, 0.717) is 12.3 Å². The molecule has 4 N–H and O–H groups in total. The quantitative estimate of drug-likeness (QED) is 0.713. The third kappa shape index (κ3) is 4.20. The molecule has 2 aromatic rings. The second-order valence-electron chi connectivity index (χ2n) is 4.93. The van der Waals surface area contributed by atoms with Gasteiger partial charge in [-0.25, -0.2) is 0 Å². The van der Waals surface area contributed by atoms with Crippen LogP contribution in [0.3, 0.4) is 0 Å². The van der Waals surface area contributed by atoms with Crippen LogP contribution in [0.4, 0.5) is 0 Å². The SMILES string of the molecule is C[C@@H](N[C@H](C(N)=O)c1ccccc1)C(=O)NCc1ccco1. The van der Waals surface area contributed by atoms with Gasteiger partial charge >= 0.3 is 0 Å². The highest BCUT2D eigenvalue weighted by Gasteiger charge is 2.23. The molecule has 0 aliphatic rings. The van der Waals surface area contributed by atoms with Crippen LogP contribution in [0.25, 0.3) is 0 Å². The highest BCUT2D eigenvalue weighted by Crippen LogP contribution is 2.12. The molecular weight excluding hydrogens is 282 g/mol. The van der Waals surface area contributed by atoms with Crippen molar-refractivity contribution in [3.05, 3.63) is 60.1 Å². The van der Waals surface area contributed by atoms with Crippen LogP contribution in [0, 0.1) is 0 Å². The van der Waals surface area contributed by atoms with Crippen LogP contribution in [-0.2, 0) is 16.1 Å². The fourth-order valence-corrected chi connectivity index (χ4v) is 2.05. The minimum atomic E-state index is -0.717. The third-order valence-corrected chi connectivity index (χ3v) is 3.24. The molecule has 0 aliphatic carbocycles. The molecule has 0 fully saturated rings. The van der Waals surface area contributed by atoms with Gasteiger partial charge in [0.2, 0.25) is 11.8 Å². The second-order valence-corrected chi connectivity index (χ2v) is 4.93. The van der Waals surface area contributed by atoms with Crippen LogP contribution >= 0.6 is 0 Å². The van der Waals surface area contributed by atoms with Crippen molar-refractivity contribution in [1.82, 2.24) is 10.6 Å². The second kappa shape index (κ2) is 7.42. The average molecular weight is 301 g/mol. The van der Waals surface area contributed by atoms with Gasteiger partial charge in [0.15, 0.2) is 0 Å². The Morgan fingerprint density at radius 3 is 2.50 bits per heavy atom. The summed E-state index contributed by atoms with van der Waals surface area (Å²) >= 11 is 0. The van der Waals surface area contributed by atoms with E-state index in [0.717, 1.165) is 5.56 Å². The zero-order valence-electron chi connectivity index (χ0n) is 12.3. The van der Waals surface area contributed by atoms with E-state index in [9.17, 15) is 9.59 Å². The van der Waals surface area contributed by atoms with Gasteiger partial charge in [0.05, 0.1) is 18.8 Å². The lowest BCUT2D eigenvalue weighted by atomic mass is 10.1. The number of hydrogen-bond donors (Lipinski definition) is 3. The van der Waals surface area contributed by atoms with Crippen molar-refractivity contribution in [2.75, 3.05) is 0 Å². The van der Waals surface area contributed by atoms with Gasteiger partial charge in [-0.3, -0.25) is 14.9 Å². The normalized spacial score (nSPS) is 13.3. The lowest BCUT2D eigenvalue weighted by Gasteiger charge is -2.20. The third-order valence-electron chi connectivity index (χ3n) is 3.24. The fourth-order valence-electron chi connectivity index (χ4n) is 2.05. The van der Waals surface area contributed by atoms with E-state index < -0.39 is 18.0 Å². The molecule has 2 amide bonds. The molecule has 0 bridgehead atoms. The Labute approximate surface area is 128 Å². The van der Waals surface area contributed by atoms with Crippen molar-refractivity contribution < 1.29 is 14.0 Å². The smallest absolute Gasteiger partial charge is 0.239 e. The molecule has 1 heterocycles. The molecule has 2 rings (SSSR count). The summed E-state index contributed by atoms with van der Waals surface area (Å²) in [6.07, 6.45) is 1.54. The van der Waals surface area contributed by atoms with Gasteiger partial charge in [-0.2, -0.15) is 0 Å². The van der Waals surface area contributed by atoms with Crippen LogP contribution in [0.1, 0.15) is 24.3 Å². The Morgan fingerprint density at radius 1 is 1.18 bits per heavy atom. The number of nitrogens with two attached hydrogens (primary N) is 1. The van der Waals surface area contributed by atoms with E-state index in [1.165, 1.54) is 0 Å². The highest BCUT2D eigenvalue weighted by atomic mass is 16.3. The van der Waals surface area contributed by atoms with Crippen LogP contribution in [0.5, 0.6) is 0 Å². The van der Waals surface area contributed by atoms with E-state index >= 15 is 0 Å². The van der Waals surface area contributed by atoms with Crippen molar-refractivity contribution in [3.63, 3.8) is 0 Å². The molecular formula is C16H19N3O3. The molecule has 1 aromatic heterocycles. The van der Waals surface area contributed by atoms with Gasteiger partial charge in [0.25, 0.3) is 0 Å². The van der Waals surface area contributed by atoms with Gasteiger partial charge in [-0.15, -0.1) is 0 Å². The lowest BCUT2D eigenvalue weighted by Crippen LogP contribution is -2.46. The molecule has 22 heavy (non-hydrogen) atoms.